The number of carbonyl (C=O) groups is 1. The maximum atomic E-state index is 12.4. The van der Waals surface area contributed by atoms with Crippen LogP contribution in [0.25, 0.3) is 0 Å². The average Bonchev–Trinajstić information content (AvgIpc) is 3.17. The highest BCUT2D eigenvalue weighted by Gasteiger charge is 2.16. The van der Waals surface area contributed by atoms with Crippen LogP contribution in [-0.4, -0.2) is 35.4 Å². The first-order valence-corrected chi connectivity index (χ1v) is 9.49. The number of ether oxygens (including phenoxy) is 2. The van der Waals surface area contributed by atoms with E-state index in [1.54, 1.807) is 17.1 Å². The van der Waals surface area contributed by atoms with E-state index >= 15 is 0 Å². The number of amides is 1. The zero-order valence-electron chi connectivity index (χ0n) is 15.2. The number of rotatable bonds is 6. The summed E-state index contributed by atoms with van der Waals surface area (Å²) in [5, 5.41) is 7.71. The summed E-state index contributed by atoms with van der Waals surface area (Å²) < 4.78 is 12.9. The summed E-state index contributed by atoms with van der Waals surface area (Å²) >= 11 is 6.25. The molecule has 0 spiro atoms. The smallest absolute Gasteiger partial charge is 0.254 e. The van der Waals surface area contributed by atoms with Gasteiger partial charge in [0.05, 0.1) is 23.3 Å². The number of nitrogens with one attached hydrogen (secondary N) is 1. The molecule has 28 heavy (non-hydrogen) atoms. The van der Waals surface area contributed by atoms with E-state index in [-0.39, 0.29) is 5.91 Å². The number of aromatic nitrogens is 2. The fourth-order valence-electron chi connectivity index (χ4n) is 3.07. The Morgan fingerprint density at radius 1 is 1.14 bits per heavy atom. The molecular formula is C21H20ClN3O3. The summed E-state index contributed by atoms with van der Waals surface area (Å²) in [4.78, 5) is 12.4. The van der Waals surface area contributed by atoms with E-state index in [1.165, 1.54) is 0 Å². The van der Waals surface area contributed by atoms with Crippen molar-refractivity contribution in [3.05, 3.63) is 76.6 Å². The van der Waals surface area contributed by atoms with Gasteiger partial charge in [-0.15, -0.1) is 0 Å². The summed E-state index contributed by atoms with van der Waals surface area (Å²) in [5.41, 5.74) is 2.65. The predicted molar refractivity (Wildman–Crippen MR) is 106 cm³/mol. The molecule has 0 saturated heterocycles. The summed E-state index contributed by atoms with van der Waals surface area (Å²) in [6, 6.07) is 13.7. The Morgan fingerprint density at radius 2 is 1.96 bits per heavy atom. The Morgan fingerprint density at radius 3 is 2.82 bits per heavy atom. The van der Waals surface area contributed by atoms with Gasteiger partial charge in [0, 0.05) is 12.7 Å². The Hall–Kier alpha value is -2.99. The van der Waals surface area contributed by atoms with Crippen molar-refractivity contribution >= 4 is 17.5 Å². The van der Waals surface area contributed by atoms with Crippen molar-refractivity contribution in [2.75, 3.05) is 19.8 Å². The van der Waals surface area contributed by atoms with E-state index in [0.29, 0.717) is 54.8 Å². The number of nitrogens with zero attached hydrogens (tertiary/aromatic N) is 2. The molecule has 1 N–H and O–H groups in total. The van der Waals surface area contributed by atoms with Crippen molar-refractivity contribution in [3.8, 4) is 11.5 Å². The van der Waals surface area contributed by atoms with Crippen LogP contribution in [0.2, 0.25) is 5.02 Å². The number of hydrogen-bond acceptors (Lipinski definition) is 4. The third-order valence-corrected chi connectivity index (χ3v) is 4.72. The normalized spacial score (nSPS) is 12.6. The van der Waals surface area contributed by atoms with E-state index in [1.807, 2.05) is 42.5 Å². The molecule has 0 unspecified atom stereocenters. The summed E-state index contributed by atoms with van der Waals surface area (Å²) in [7, 11) is 0. The molecule has 2 heterocycles. The van der Waals surface area contributed by atoms with Crippen LogP contribution in [0, 0.1) is 0 Å². The SMILES string of the molecule is O=C(NCCc1cc(Cl)c2c(c1)OCCO2)c1cnn(Cc2ccccc2)c1. The highest BCUT2D eigenvalue weighted by atomic mass is 35.5. The lowest BCUT2D eigenvalue weighted by molar-refractivity contribution is 0.0954. The Bertz CT molecular complexity index is 972. The zero-order chi connectivity index (χ0) is 19.3. The molecule has 1 aliphatic rings. The highest BCUT2D eigenvalue weighted by Crippen LogP contribution is 2.38. The molecule has 0 aliphatic carbocycles. The maximum Gasteiger partial charge on any atom is 0.254 e. The number of carbonyl (C=O) groups excluding carboxylic acids is 1. The van der Waals surface area contributed by atoms with Gasteiger partial charge in [-0.2, -0.15) is 5.10 Å². The average molecular weight is 398 g/mol. The minimum Gasteiger partial charge on any atom is -0.486 e. The lowest BCUT2D eigenvalue weighted by atomic mass is 10.1. The minimum absolute atomic E-state index is 0.150. The topological polar surface area (TPSA) is 65.4 Å². The first-order valence-electron chi connectivity index (χ1n) is 9.11. The van der Waals surface area contributed by atoms with Gasteiger partial charge in [-0.1, -0.05) is 41.9 Å². The van der Waals surface area contributed by atoms with Gasteiger partial charge in [0.25, 0.3) is 5.91 Å². The summed E-state index contributed by atoms with van der Waals surface area (Å²) in [6.07, 6.45) is 3.97. The Labute approximate surface area is 168 Å². The van der Waals surface area contributed by atoms with Crippen LogP contribution in [0.1, 0.15) is 21.5 Å². The van der Waals surface area contributed by atoms with Crippen molar-refractivity contribution in [2.24, 2.45) is 0 Å². The second-order valence-corrected chi connectivity index (χ2v) is 6.93. The maximum absolute atomic E-state index is 12.4. The molecule has 0 saturated carbocycles. The van der Waals surface area contributed by atoms with Crippen molar-refractivity contribution in [2.45, 2.75) is 13.0 Å². The first-order chi connectivity index (χ1) is 13.7. The second-order valence-electron chi connectivity index (χ2n) is 6.52. The molecule has 0 radical (unpaired) electrons. The largest absolute Gasteiger partial charge is 0.486 e. The molecule has 4 rings (SSSR count). The molecule has 3 aromatic rings. The van der Waals surface area contributed by atoms with Gasteiger partial charge >= 0.3 is 0 Å². The van der Waals surface area contributed by atoms with Gasteiger partial charge in [-0.3, -0.25) is 9.48 Å². The third kappa shape index (κ3) is 4.28. The van der Waals surface area contributed by atoms with E-state index in [4.69, 9.17) is 21.1 Å². The van der Waals surface area contributed by atoms with Crippen LogP contribution in [-0.2, 0) is 13.0 Å². The number of benzene rings is 2. The van der Waals surface area contributed by atoms with E-state index in [9.17, 15) is 4.79 Å². The zero-order valence-corrected chi connectivity index (χ0v) is 16.0. The van der Waals surface area contributed by atoms with Gasteiger partial charge in [0.2, 0.25) is 0 Å². The van der Waals surface area contributed by atoms with Crippen LogP contribution < -0.4 is 14.8 Å². The lowest BCUT2D eigenvalue weighted by Crippen LogP contribution is -2.25. The monoisotopic (exact) mass is 397 g/mol. The molecular weight excluding hydrogens is 378 g/mol. The van der Waals surface area contributed by atoms with Crippen LogP contribution in [0.5, 0.6) is 11.5 Å². The standard InChI is InChI=1S/C21H20ClN3O3/c22-18-10-16(11-19-20(18)28-9-8-27-19)6-7-23-21(26)17-12-24-25(14-17)13-15-4-2-1-3-5-15/h1-5,10-12,14H,6-9,13H2,(H,23,26). The predicted octanol–water partition coefficient (Wildman–Crippen LogP) is 3.33. The van der Waals surface area contributed by atoms with E-state index < -0.39 is 0 Å². The Kier molecular flexibility index (Phi) is 5.48. The summed E-state index contributed by atoms with van der Waals surface area (Å²) in [5.74, 6) is 1.09. The van der Waals surface area contributed by atoms with Crippen LogP contribution >= 0.6 is 11.6 Å². The molecule has 2 aromatic carbocycles. The second kappa shape index (κ2) is 8.35. The Balaban J connectivity index is 1.32. The van der Waals surface area contributed by atoms with E-state index in [2.05, 4.69) is 10.4 Å². The summed E-state index contributed by atoms with van der Waals surface area (Å²) in [6.45, 7) is 2.12. The van der Waals surface area contributed by atoms with Crippen LogP contribution in [0.4, 0.5) is 0 Å². The molecule has 0 atom stereocenters. The number of halogens is 1. The minimum atomic E-state index is -0.150. The first kappa shape index (κ1) is 18.4. The van der Waals surface area contributed by atoms with Gasteiger partial charge < -0.3 is 14.8 Å². The molecule has 0 bridgehead atoms. The number of hydrogen-bond donors (Lipinski definition) is 1. The van der Waals surface area contributed by atoms with Gasteiger partial charge in [0.1, 0.15) is 13.2 Å². The molecule has 1 aromatic heterocycles. The molecule has 144 valence electrons. The van der Waals surface area contributed by atoms with E-state index in [0.717, 1.165) is 11.1 Å². The fraction of sp³-hybridized carbons (Fsp3) is 0.238. The lowest BCUT2D eigenvalue weighted by Gasteiger charge is -2.20. The fourth-order valence-corrected chi connectivity index (χ4v) is 3.36. The number of fused-ring (bicyclic) bond motifs is 1. The van der Waals surface area contributed by atoms with Gasteiger partial charge in [0.15, 0.2) is 11.5 Å². The van der Waals surface area contributed by atoms with Gasteiger partial charge in [-0.05, 0) is 29.7 Å². The molecule has 1 amide bonds. The molecule has 6 nitrogen and oxygen atoms in total. The van der Waals surface area contributed by atoms with Crippen LogP contribution in [0.15, 0.2) is 54.9 Å². The highest BCUT2D eigenvalue weighted by molar-refractivity contribution is 6.32. The van der Waals surface area contributed by atoms with Gasteiger partial charge in [-0.25, -0.2) is 0 Å². The molecule has 0 fully saturated rings. The van der Waals surface area contributed by atoms with Crippen LogP contribution in [0.3, 0.4) is 0 Å². The quantitative estimate of drug-likeness (QED) is 0.693. The molecule has 7 heteroatoms. The van der Waals surface area contributed by atoms with Crippen molar-refractivity contribution in [3.63, 3.8) is 0 Å². The van der Waals surface area contributed by atoms with Crippen molar-refractivity contribution in [1.82, 2.24) is 15.1 Å². The van der Waals surface area contributed by atoms with Crippen molar-refractivity contribution in [1.29, 1.82) is 0 Å². The third-order valence-electron chi connectivity index (χ3n) is 4.44. The van der Waals surface area contributed by atoms with Crippen molar-refractivity contribution < 1.29 is 14.3 Å². The molecule has 1 aliphatic heterocycles.